The summed E-state index contributed by atoms with van der Waals surface area (Å²) < 4.78 is 298. The number of benzene rings is 6. The van der Waals surface area contributed by atoms with Crippen molar-refractivity contribution in [2.24, 2.45) is 0 Å². The molecule has 0 aromatic heterocycles. The van der Waals surface area contributed by atoms with E-state index in [9.17, 15) is 52.7 Å². The molecular weight excluding hydrogens is 907 g/mol. The Kier molecular flexibility index (Phi) is 13.7. The van der Waals surface area contributed by atoms with E-state index in [0.29, 0.717) is 0 Å². The third-order valence-corrected chi connectivity index (χ3v) is 10.4. The molecule has 0 bridgehead atoms. The van der Waals surface area contributed by atoms with Crippen molar-refractivity contribution in [3.05, 3.63) is 177 Å². The summed E-state index contributed by atoms with van der Waals surface area (Å²) in [7, 11) is 0. The molecule has 0 heterocycles. The predicted molar refractivity (Wildman–Crippen MR) is 195 cm³/mol. The lowest BCUT2D eigenvalue weighted by atomic mass is 9.31. The average Bonchev–Trinajstić information content (AvgIpc) is 3.29. The molecule has 0 spiro atoms. The Morgan fingerprint density at radius 3 is 0.641 bits per heavy atom. The van der Waals surface area contributed by atoms with Gasteiger partial charge in [0.25, 0.3) is 6.85 Å². The number of halogens is 20. The largest absolute Gasteiger partial charge is 0.387 e. The number of hydrogen-bond donors (Lipinski definition) is 0. The molecule has 0 radical (unpaired) electrons. The molecule has 0 amide bonds. The molecular formula is C40H18B3F20N. The molecule has 0 saturated carbocycles. The van der Waals surface area contributed by atoms with E-state index in [2.05, 4.69) is 0 Å². The summed E-state index contributed by atoms with van der Waals surface area (Å²) in [5.74, 6) is -55.8. The van der Waals surface area contributed by atoms with Crippen LogP contribution in [0.1, 0.15) is 0 Å². The first-order valence-corrected chi connectivity index (χ1v) is 18.1. The van der Waals surface area contributed by atoms with Gasteiger partial charge >= 0.3 is 0 Å². The van der Waals surface area contributed by atoms with E-state index < -0.39 is 184 Å². The summed E-state index contributed by atoms with van der Waals surface area (Å²) in [5, 5.41) is 0. The Balaban J connectivity index is 1.62. The summed E-state index contributed by atoms with van der Waals surface area (Å²) in [5.41, 5.74) is -8.61. The van der Waals surface area contributed by atoms with Crippen LogP contribution in [0.5, 0.6) is 0 Å². The van der Waals surface area contributed by atoms with Crippen LogP contribution in [-0.4, -0.2) is 20.3 Å². The van der Waals surface area contributed by atoms with Gasteiger partial charge in [0.15, 0.2) is 116 Å². The average molecular weight is 925 g/mol. The molecule has 0 aliphatic heterocycles. The van der Waals surface area contributed by atoms with Crippen molar-refractivity contribution in [3.63, 3.8) is 0 Å². The highest BCUT2D eigenvalue weighted by atomic mass is 19.2. The van der Waals surface area contributed by atoms with E-state index >= 15 is 35.1 Å². The number of nitrogens with zero attached hydrogens (tertiary/aromatic N) is 1. The molecule has 6 aromatic carbocycles. The monoisotopic (exact) mass is 925 g/mol. The van der Waals surface area contributed by atoms with E-state index in [-0.39, 0.29) is 11.4 Å². The van der Waals surface area contributed by atoms with Crippen molar-refractivity contribution in [2.75, 3.05) is 4.81 Å². The quantitative estimate of drug-likeness (QED) is 0.0483. The molecule has 64 heavy (non-hydrogen) atoms. The van der Waals surface area contributed by atoms with Gasteiger partial charge in [0.1, 0.15) is 0 Å². The fourth-order valence-electron chi connectivity index (χ4n) is 7.45. The van der Waals surface area contributed by atoms with Gasteiger partial charge in [-0.15, -0.1) is 0 Å². The van der Waals surface area contributed by atoms with Crippen LogP contribution in [0, 0.1) is 116 Å². The van der Waals surface area contributed by atoms with Crippen molar-refractivity contribution >= 4 is 53.5 Å². The van der Waals surface area contributed by atoms with Gasteiger partial charge in [-0.3, -0.25) is 0 Å². The van der Waals surface area contributed by atoms with Crippen molar-refractivity contribution in [1.82, 2.24) is 0 Å². The van der Waals surface area contributed by atoms with Crippen LogP contribution in [0.2, 0.25) is 25.3 Å². The van der Waals surface area contributed by atoms with E-state index in [4.69, 9.17) is 0 Å². The lowest BCUT2D eigenvalue weighted by molar-refractivity contribution is 0.382. The highest BCUT2D eigenvalue weighted by molar-refractivity contribution is 6.88. The number of anilines is 2. The van der Waals surface area contributed by atoms with Crippen LogP contribution < -0.4 is 26.7 Å². The molecule has 6 rings (SSSR count). The Bertz CT molecular complexity index is 2340. The van der Waals surface area contributed by atoms with Crippen LogP contribution in [0.15, 0.2) is 60.7 Å². The van der Waals surface area contributed by atoms with Crippen LogP contribution in [-0.2, 0) is 0 Å². The number of para-hydroxylation sites is 2. The summed E-state index contributed by atoms with van der Waals surface area (Å²) in [6.45, 7) is -7.89. The molecule has 0 unspecified atom stereocenters. The predicted octanol–water partition coefficient (Wildman–Crippen LogP) is 10.2. The second-order valence-corrected chi connectivity index (χ2v) is 13.9. The van der Waals surface area contributed by atoms with Gasteiger partial charge in [-0.05, 0) is 24.3 Å². The van der Waals surface area contributed by atoms with Gasteiger partial charge in [-0.2, -0.15) is 0 Å². The Labute approximate surface area is 348 Å². The van der Waals surface area contributed by atoms with Crippen molar-refractivity contribution in [3.8, 4) is 0 Å². The van der Waals surface area contributed by atoms with E-state index in [1.165, 1.54) is 60.7 Å². The van der Waals surface area contributed by atoms with E-state index in [1.807, 2.05) is 0 Å². The fourth-order valence-corrected chi connectivity index (χ4v) is 7.45. The molecule has 0 fully saturated rings. The van der Waals surface area contributed by atoms with Crippen LogP contribution in [0.3, 0.4) is 0 Å². The van der Waals surface area contributed by atoms with Gasteiger partial charge in [0.2, 0.25) is 13.4 Å². The minimum absolute atomic E-state index is 0.00766. The standard InChI is InChI=1S/C40H18B3F20N/c44-21-17(22(45)30(53)37(60)29(21)52)42(18-23(46)31(54)38(61)32(55)24(18)47)13-11-41(64(15-7-3-1-4-8-15)16-9-5-2-6-10-16)12-14-43(19-25(48)33(56)39(62)34(57)26(19)49)20-27(50)35(58)40(63)36(59)28(20)51/h1-10H,11-14H2. The first-order valence-electron chi connectivity index (χ1n) is 18.1. The minimum atomic E-state index is -3.05. The SMILES string of the molecule is Fc1c(F)c(F)c(B(CCB(CCB(c2c(F)c(F)c(F)c(F)c2F)c2c(F)c(F)c(F)c(F)c2F)N(c2ccccc2)c2ccccc2)c2c(F)c(F)c(F)c(F)c2F)c(F)c1F. The molecule has 0 aliphatic carbocycles. The Hall–Kier alpha value is -6.09. The van der Waals surface area contributed by atoms with Gasteiger partial charge < -0.3 is 4.81 Å². The highest BCUT2D eigenvalue weighted by Gasteiger charge is 2.43. The molecule has 0 atom stereocenters. The molecule has 24 heteroatoms. The molecule has 0 saturated heterocycles. The smallest absolute Gasteiger partial charge is 0.259 e. The maximum Gasteiger partial charge on any atom is 0.259 e. The third-order valence-electron chi connectivity index (χ3n) is 10.4. The number of rotatable bonds is 13. The second-order valence-electron chi connectivity index (χ2n) is 13.9. The third kappa shape index (κ3) is 8.14. The first-order chi connectivity index (χ1) is 30.1. The first kappa shape index (κ1) is 47.4. The Morgan fingerprint density at radius 1 is 0.250 bits per heavy atom. The van der Waals surface area contributed by atoms with Crippen molar-refractivity contribution in [2.45, 2.75) is 25.3 Å². The van der Waals surface area contributed by atoms with Crippen LogP contribution in [0.25, 0.3) is 0 Å². The lowest BCUT2D eigenvalue weighted by Crippen LogP contribution is -2.52. The summed E-state index contributed by atoms with van der Waals surface area (Å²) >= 11 is 0. The topological polar surface area (TPSA) is 3.24 Å². The number of hydrogen-bond acceptors (Lipinski definition) is 1. The zero-order chi connectivity index (χ0) is 47.2. The van der Waals surface area contributed by atoms with Crippen molar-refractivity contribution in [1.29, 1.82) is 0 Å². The molecule has 6 aromatic rings. The molecule has 0 N–H and O–H groups in total. The maximum absolute atomic E-state index is 15.5. The maximum atomic E-state index is 15.5. The zero-order valence-electron chi connectivity index (χ0n) is 31.3. The molecule has 1 nitrogen and oxygen atoms in total. The van der Waals surface area contributed by atoms with Gasteiger partial charge in [0, 0.05) is 33.2 Å². The van der Waals surface area contributed by atoms with Crippen LogP contribution >= 0.6 is 0 Å². The molecule has 332 valence electrons. The molecule has 0 aliphatic rings. The summed E-state index contributed by atoms with van der Waals surface area (Å²) in [6, 6.07) is 13.4. The highest BCUT2D eigenvalue weighted by Crippen LogP contribution is 2.33. The van der Waals surface area contributed by atoms with Gasteiger partial charge in [-0.1, -0.05) is 61.7 Å². The van der Waals surface area contributed by atoms with Crippen LogP contribution in [0.4, 0.5) is 99.2 Å². The van der Waals surface area contributed by atoms with E-state index in [1.54, 1.807) is 0 Å². The summed E-state index contributed by atoms with van der Waals surface area (Å²) in [4.78, 5) is 1.13. The van der Waals surface area contributed by atoms with Gasteiger partial charge in [-0.25, -0.2) is 87.8 Å². The van der Waals surface area contributed by atoms with Crippen molar-refractivity contribution < 1.29 is 87.8 Å². The second kappa shape index (κ2) is 18.6. The summed E-state index contributed by atoms with van der Waals surface area (Å²) in [6.07, 6.45) is -5.08. The fraction of sp³-hybridized carbons (Fsp3) is 0.100. The van der Waals surface area contributed by atoms with E-state index in [0.717, 1.165) is 4.81 Å². The Morgan fingerprint density at radius 2 is 0.438 bits per heavy atom. The van der Waals surface area contributed by atoms with Gasteiger partial charge in [0.05, 0.1) is 0 Å². The normalized spacial score (nSPS) is 11.4. The minimum Gasteiger partial charge on any atom is -0.387 e. The lowest BCUT2D eigenvalue weighted by Gasteiger charge is -2.34. The zero-order valence-corrected chi connectivity index (χ0v) is 31.3.